The van der Waals surface area contributed by atoms with Gasteiger partial charge in [0.15, 0.2) is 0 Å². The lowest BCUT2D eigenvalue weighted by Gasteiger charge is -2.18. The summed E-state index contributed by atoms with van der Waals surface area (Å²) in [7, 11) is 0. The van der Waals surface area contributed by atoms with Gasteiger partial charge in [-0.1, -0.05) is 139 Å². The molecule has 0 aliphatic heterocycles. The van der Waals surface area contributed by atoms with Gasteiger partial charge in [-0.2, -0.15) is 0 Å². The molecule has 0 aliphatic carbocycles. The van der Waals surface area contributed by atoms with E-state index in [0.717, 1.165) is 0 Å². The van der Waals surface area contributed by atoms with Gasteiger partial charge in [-0.25, -0.2) is 0 Å². The van der Waals surface area contributed by atoms with Crippen LogP contribution in [-0.2, 0) is 0 Å². The van der Waals surface area contributed by atoms with E-state index in [2.05, 4.69) is 133 Å². The minimum absolute atomic E-state index is 1.27. The van der Waals surface area contributed by atoms with Crippen LogP contribution in [0.2, 0.25) is 0 Å². The Kier molecular flexibility index (Phi) is 4.82. The quantitative estimate of drug-likeness (QED) is 0.235. The summed E-state index contributed by atoms with van der Waals surface area (Å²) in [6.45, 7) is 0. The van der Waals surface area contributed by atoms with Gasteiger partial charge in [0.2, 0.25) is 0 Å². The minimum atomic E-state index is 1.27. The van der Waals surface area contributed by atoms with E-state index in [-0.39, 0.29) is 0 Å². The van der Waals surface area contributed by atoms with Crippen molar-refractivity contribution in [2.24, 2.45) is 0 Å². The summed E-state index contributed by atoms with van der Waals surface area (Å²) >= 11 is 1.88. The summed E-state index contributed by atoms with van der Waals surface area (Å²) in [6.07, 6.45) is 0. The molecule has 0 aliphatic rings. The van der Waals surface area contributed by atoms with Gasteiger partial charge < -0.3 is 0 Å². The topological polar surface area (TPSA) is 0 Å². The number of hydrogen-bond acceptors (Lipinski definition) is 1. The molecule has 7 aromatic carbocycles. The molecule has 0 saturated carbocycles. The molecule has 0 saturated heterocycles. The highest BCUT2D eigenvalue weighted by atomic mass is 32.2. The first kappa shape index (κ1) is 20.3. The zero-order valence-corrected chi connectivity index (χ0v) is 19.9. The fraction of sp³-hybridized carbons (Fsp3) is 0. The summed E-state index contributed by atoms with van der Waals surface area (Å²) in [4.78, 5) is 2.60. The van der Waals surface area contributed by atoms with Gasteiger partial charge >= 0.3 is 0 Å². The van der Waals surface area contributed by atoms with E-state index in [1.54, 1.807) is 0 Å². The highest BCUT2D eigenvalue weighted by molar-refractivity contribution is 8.00. The predicted molar refractivity (Wildman–Crippen MR) is 152 cm³/mol. The van der Waals surface area contributed by atoms with Crippen molar-refractivity contribution in [1.29, 1.82) is 0 Å². The Morgan fingerprint density at radius 1 is 0.343 bits per heavy atom. The van der Waals surface area contributed by atoms with E-state index in [0.29, 0.717) is 0 Å². The molecule has 164 valence electrons. The van der Waals surface area contributed by atoms with Gasteiger partial charge in [0.05, 0.1) is 0 Å². The average molecular weight is 463 g/mol. The summed E-state index contributed by atoms with van der Waals surface area (Å²) < 4.78 is 0. The van der Waals surface area contributed by atoms with E-state index in [1.807, 2.05) is 11.8 Å². The van der Waals surface area contributed by atoms with Gasteiger partial charge in [0, 0.05) is 9.79 Å². The van der Waals surface area contributed by atoms with E-state index >= 15 is 0 Å². The van der Waals surface area contributed by atoms with Crippen molar-refractivity contribution in [3.05, 3.63) is 133 Å². The van der Waals surface area contributed by atoms with E-state index in [1.165, 1.54) is 64.0 Å². The Bertz CT molecular complexity index is 1810. The van der Waals surface area contributed by atoms with Gasteiger partial charge in [0.25, 0.3) is 0 Å². The van der Waals surface area contributed by atoms with Gasteiger partial charge in [-0.3, -0.25) is 0 Å². The lowest BCUT2D eigenvalue weighted by atomic mass is 9.89. The molecule has 0 amide bonds. The zero-order chi connectivity index (χ0) is 23.2. The molecule has 0 N–H and O–H groups in total. The van der Waals surface area contributed by atoms with E-state index in [9.17, 15) is 0 Å². The SMILES string of the molecule is c1ccc2c(Sc3c4ccccc4c(-c4cccc5ccccc45)c4ccccc34)cccc2c1. The number of rotatable bonds is 3. The normalized spacial score (nSPS) is 11.5. The number of hydrogen-bond donors (Lipinski definition) is 0. The maximum atomic E-state index is 2.28. The van der Waals surface area contributed by atoms with Crippen molar-refractivity contribution in [1.82, 2.24) is 0 Å². The van der Waals surface area contributed by atoms with Crippen LogP contribution in [0.5, 0.6) is 0 Å². The largest absolute Gasteiger partial charge is 0.0881 e. The first-order valence-corrected chi connectivity index (χ1v) is 12.8. The molecule has 0 spiro atoms. The Morgan fingerprint density at radius 2 is 0.800 bits per heavy atom. The molecular weight excluding hydrogens is 440 g/mol. The van der Waals surface area contributed by atoms with Crippen molar-refractivity contribution in [3.8, 4) is 11.1 Å². The maximum absolute atomic E-state index is 2.28. The summed E-state index contributed by atoms with van der Waals surface area (Å²) in [5, 5.41) is 10.3. The molecule has 0 unspecified atom stereocenters. The van der Waals surface area contributed by atoms with E-state index in [4.69, 9.17) is 0 Å². The fourth-order valence-electron chi connectivity index (χ4n) is 5.33. The molecule has 7 aromatic rings. The highest BCUT2D eigenvalue weighted by Crippen LogP contribution is 2.47. The van der Waals surface area contributed by atoms with Crippen LogP contribution in [0, 0.1) is 0 Å². The molecule has 35 heavy (non-hydrogen) atoms. The third-order valence-electron chi connectivity index (χ3n) is 6.90. The third-order valence-corrected chi connectivity index (χ3v) is 8.12. The first-order chi connectivity index (χ1) is 17.4. The summed E-state index contributed by atoms with van der Waals surface area (Å²) in [5.41, 5.74) is 2.60. The lowest BCUT2D eigenvalue weighted by molar-refractivity contribution is 1.52. The second-order valence-electron chi connectivity index (χ2n) is 8.90. The second-order valence-corrected chi connectivity index (χ2v) is 9.95. The molecule has 0 heterocycles. The van der Waals surface area contributed by atoms with Gasteiger partial charge in [-0.05, 0) is 60.3 Å². The standard InChI is InChI=1S/C34H22S/c1-3-15-25-23(11-1)13-9-21-27(25)33-28-17-5-7-19-30(28)34(31-20-8-6-18-29(31)33)35-32-22-10-14-24-12-2-4-16-26(24)32/h1-22H. The van der Waals surface area contributed by atoms with Crippen molar-refractivity contribution < 1.29 is 0 Å². The van der Waals surface area contributed by atoms with Crippen LogP contribution < -0.4 is 0 Å². The summed E-state index contributed by atoms with van der Waals surface area (Å²) in [5.74, 6) is 0. The number of fused-ring (bicyclic) bond motifs is 4. The average Bonchev–Trinajstić information content (AvgIpc) is 2.93. The second kappa shape index (κ2) is 8.30. The van der Waals surface area contributed by atoms with Crippen molar-refractivity contribution >= 4 is 54.9 Å². The molecule has 0 fully saturated rings. The molecular formula is C34H22S. The molecule has 7 rings (SSSR count). The van der Waals surface area contributed by atoms with Crippen molar-refractivity contribution in [3.63, 3.8) is 0 Å². The Hall–Kier alpha value is -4.07. The minimum Gasteiger partial charge on any atom is -0.0881 e. The van der Waals surface area contributed by atoms with Crippen LogP contribution in [0.25, 0.3) is 54.2 Å². The number of benzene rings is 7. The molecule has 0 bridgehead atoms. The highest BCUT2D eigenvalue weighted by Gasteiger charge is 2.17. The Balaban J connectivity index is 1.58. The van der Waals surface area contributed by atoms with Gasteiger partial charge in [-0.15, -0.1) is 0 Å². The van der Waals surface area contributed by atoms with Crippen molar-refractivity contribution in [2.45, 2.75) is 9.79 Å². The Labute approximate surface area is 208 Å². The monoisotopic (exact) mass is 462 g/mol. The molecule has 0 atom stereocenters. The van der Waals surface area contributed by atoms with Crippen LogP contribution in [0.1, 0.15) is 0 Å². The van der Waals surface area contributed by atoms with Gasteiger partial charge in [0.1, 0.15) is 0 Å². The zero-order valence-electron chi connectivity index (χ0n) is 19.1. The van der Waals surface area contributed by atoms with Crippen LogP contribution in [-0.4, -0.2) is 0 Å². The molecule has 0 radical (unpaired) electrons. The van der Waals surface area contributed by atoms with Crippen LogP contribution in [0.4, 0.5) is 0 Å². The van der Waals surface area contributed by atoms with Crippen LogP contribution in [0.15, 0.2) is 143 Å². The maximum Gasteiger partial charge on any atom is 0.0279 e. The molecule has 1 heteroatoms. The van der Waals surface area contributed by atoms with E-state index < -0.39 is 0 Å². The molecule has 0 nitrogen and oxygen atoms in total. The smallest absolute Gasteiger partial charge is 0.0279 e. The first-order valence-electron chi connectivity index (χ1n) is 12.0. The lowest BCUT2D eigenvalue weighted by Crippen LogP contribution is -1.90. The predicted octanol–water partition coefficient (Wildman–Crippen LogP) is 10.1. The Morgan fingerprint density at radius 3 is 1.46 bits per heavy atom. The van der Waals surface area contributed by atoms with Crippen LogP contribution >= 0.6 is 11.8 Å². The summed E-state index contributed by atoms with van der Waals surface area (Å²) in [6, 6.07) is 48.4. The van der Waals surface area contributed by atoms with Crippen LogP contribution in [0.3, 0.4) is 0 Å². The van der Waals surface area contributed by atoms with Crippen molar-refractivity contribution in [2.75, 3.05) is 0 Å². The third kappa shape index (κ3) is 3.31. The molecule has 0 aromatic heterocycles. The fourth-order valence-corrected chi connectivity index (χ4v) is 6.56.